The van der Waals surface area contributed by atoms with Crippen molar-refractivity contribution in [2.45, 2.75) is 45.2 Å². The molecule has 0 aromatic carbocycles. The highest BCUT2D eigenvalue weighted by atomic mass is 79.9. The Morgan fingerprint density at radius 3 is 2.89 bits per heavy atom. The van der Waals surface area contributed by atoms with Gasteiger partial charge in [-0.25, -0.2) is 0 Å². The molecule has 18 heavy (non-hydrogen) atoms. The number of piperidine rings is 1. The van der Waals surface area contributed by atoms with Gasteiger partial charge in [0, 0.05) is 20.8 Å². The standard InChI is InChI=1S/C13H18BrNO2S/c1-9-11(14)7-10(18-9)8-15-6-4-3-5-13(15,2)12(16)17/h7H,3-6,8H2,1-2H3,(H,16,17). The number of halogens is 1. The Hall–Kier alpha value is -0.390. The van der Waals surface area contributed by atoms with E-state index in [0.29, 0.717) is 0 Å². The van der Waals surface area contributed by atoms with Gasteiger partial charge in [-0.05, 0) is 61.7 Å². The van der Waals surface area contributed by atoms with Crippen LogP contribution >= 0.6 is 27.3 Å². The number of aryl methyl sites for hydroxylation is 1. The molecule has 5 heteroatoms. The first-order valence-electron chi connectivity index (χ1n) is 6.17. The molecule has 0 saturated carbocycles. The van der Waals surface area contributed by atoms with Gasteiger partial charge in [0.15, 0.2) is 0 Å². The molecular formula is C13H18BrNO2S. The molecule has 1 atom stereocenters. The normalized spacial score (nSPS) is 25.3. The molecule has 0 radical (unpaired) electrons. The number of likely N-dealkylation sites (tertiary alicyclic amines) is 1. The van der Waals surface area contributed by atoms with Gasteiger partial charge >= 0.3 is 5.97 Å². The van der Waals surface area contributed by atoms with E-state index < -0.39 is 11.5 Å². The summed E-state index contributed by atoms with van der Waals surface area (Å²) in [5.74, 6) is -0.699. The number of rotatable bonds is 3. The van der Waals surface area contributed by atoms with Crippen molar-refractivity contribution in [1.82, 2.24) is 4.90 Å². The van der Waals surface area contributed by atoms with Crippen molar-refractivity contribution in [3.63, 3.8) is 0 Å². The van der Waals surface area contributed by atoms with Crippen molar-refractivity contribution < 1.29 is 9.90 Å². The van der Waals surface area contributed by atoms with E-state index >= 15 is 0 Å². The Labute approximate surface area is 120 Å². The fraction of sp³-hybridized carbons (Fsp3) is 0.615. The predicted molar refractivity (Wildman–Crippen MR) is 77.1 cm³/mol. The zero-order valence-electron chi connectivity index (χ0n) is 10.7. The van der Waals surface area contributed by atoms with E-state index in [1.807, 2.05) is 6.92 Å². The van der Waals surface area contributed by atoms with Gasteiger partial charge in [0.2, 0.25) is 0 Å². The van der Waals surface area contributed by atoms with Crippen LogP contribution in [-0.4, -0.2) is 28.1 Å². The molecule has 1 aliphatic rings. The molecule has 0 amide bonds. The van der Waals surface area contributed by atoms with E-state index in [-0.39, 0.29) is 0 Å². The molecule has 3 nitrogen and oxygen atoms in total. The van der Waals surface area contributed by atoms with Crippen LogP contribution in [0.3, 0.4) is 0 Å². The highest BCUT2D eigenvalue weighted by Gasteiger charge is 2.41. The summed E-state index contributed by atoms with van der Waals surface area (Å²) in [6.45, 7) is 5.53. The van der Waals surface area contributed by atoms with E-state index in [1.54, 1.807) is 11.3 Å². The summed E-state index contributed by atoms with van der Waals surface area (Å²) in [5.41, 5.74) is -0.706. The second kappa shape index (κ2) is 5.31. The van der Waals surface area contributed by atoms with Crippen molar-refractivity contribution in [2.75, 3.05) is 6.54 Å². The topological polar surface area (TPSA) is 40.5 Å². The van der Waals surface area contributed by atoms with Gasteiger partial charge in [0.25, 0.3) is 0 Å². The fourth-order valence-electron chi connectivity index (χ4n) is 2.46. The van der Waals surface area contributed by atoms with Crippen molar-refractivity contribution in [2.24, 2.45) is 0 Å². The summed E-state index contributed by atoms with van der Waals surface area (Å²) in [6.07, 6.45) is 2.84. The Morgan fingerprint density at radius 1 is 1.61 bits per heavy atom. The first-order valence-corrected chi connectivity index (χ1v) is 7.77. The molecule has 100 valence electrons. The van der Waals surface area contributed by atoms with Crippen molar-refractivity contribution >= 4 is 33.2 Å². The number of hydrogen-bond acceptors (Lipinski definition) is 3. The van der Waals surface area contributed by atoms with Gasteiger partial charge in [-0.15, -0.1) is 11.3 Å². The molecular weight excluding hydrogens is 314 g/mol. The van der Waals surface area contributed by atoms with Crippen LogP contribution in [0.5, 0.6) is 0 Å². The molecule has 1 saturated heterocycles. The van der Waals surface area contributed by atoms with Gasteiger partial charge in [0.1, 0.15) is 5.54 Å². The third-order valence-electron chi connectivity index (χ3n) is 3.76. The van der Waals surface area contributed by atoms with Crippen molar-refractivity contribution in [3.8, 4) is 0 Å². The maximum atomic E-state index is 11.5. The van der Waals surface area contributed by atoms with Gasteiger partial charge in [-0.3, -0.25) is 9.69 Å². The lowest BCUT2D eigenvalue weighted by atomic mass is 9.88. The third-order valence-corrected chi connectivity index (χ3v) is 5.88. The smallest absolute Gasteiger partial charge is 0.323 e. The molecule has 1 aromatic rings. The largest absolute Gasteiger partial charge is 0.480 e. The van der Waals surface area contributed by atoms with Crippen LogP contribution < -0.4 is 0 Å². The second-order valence-corrected chi connectivity index (χ2v) is 7.27. The van der Waals surface area contributed by atoms with E-state index in [2.05, 4.69) is 33.8 Å². The minimum absolute atomic E-state index is 0.699. The van der Waals surface area contributed by atoms with Crippen LogP contribution in [-0.2, 0) is 11.3 Å². The third kappa shape index (κ3) is 2.63. The molecule has 1 aliphatic heterocycles. The molecule has 0 spiro atoms. The number of carboxylic acid groups (broad SMARTS) is 1. The monoisotopic (exact) mass is 331 g/mol. The van der Waals surface area contributed by atoms with Crippen molar-refractivity contribution in [1.29, 1.82) is 0 Å². The lowest BCUT2D eigenvalue weighted by Gasteiger charge is -2.41. The van der Waals surface area contributed by atoms with Crippen molar-refractivity contribution in [3.05, 3.63) is 20.3 Å². The van der Waals surface area contributed by atoms with E-state index in [4.69, 9.17) is 0 Å². The minimum atomic E-state index is -0.706. The van der Waals surface area contributed by atoms with Gasteiger partial charge in [0.05, 0.1) is 0 Å². The van der Waals surface area contributed by atoms with Crippen LogP contribution in [0.1, 0.15) is 35.9 Å². The van der Waals surface area contributed by atoms with Crippen LogP contribution in [0.25, 0.3) is 0 Å². The zero-order chi connectivity index (χ0) is 13.3. The molecule has 1 fully saturated rings. The Balaban J connectivity index is 2.17. The average Bonchev–Trinajstić information content (AvgIpc) is 2.61. The number of thiophene rings is 1. The van der Waals surface area contributed by atoms with E-state index in [1.165, 1.54) is 9.75 Å². The van der Waals surface area contributed by atoms with Crippen LogP contribution in [0, 0.1) is 6.92 Å². The van der Waals surface area contributed by atoms with Gasteiger partial charge in [-0.1, -0.05) is 0 Å². The molecule has 1 aromatic heterocycles. The van der Waals surface area contributed by atoms with E-state index in [9.17, 15) is 9.90 Å². The van der Waals surface area contributed by atoms with Gasteiger partial charge in [-0.2, -0.15) is 0 Å². The summed E-state index contributed by atoms with van der Waals surface area (Å²) in [5, 5.41) is 9.46. The van der Waals surface area contributed by atoms with Gasteiger partial charge < -0.3 is 5.11 Å². The Morgan fingerprint density at radius 2 is 2.33 bits per heavy atom. The lowest BCUT2D eigenvalue weighted by Crippen LogP contribution is -2.54. The summed E-state index contributed by atoms with van der Waals surface area (Å²) >= 11 is 5.25. The molecule has 0 aliphatic carbocycles. The number of aliphatic carboxylic acids is 1. The maximum Gasteiger partial charge on any atom is 0.323 e. The Bertz CT molecular complexity index is 440. The quantitative estimate of drug-likeness (QED) is 0.919. The SMILES string of the molecule is Cc1sc(CN2CCCCC2(C)C(=O)O)cc1Br. The predicted octanol–water partition coefficient (Wildman–Crippen LogP) is 3.65. The highest BCUT2D eigenvalue weighted by molar-refractivity contribution is 9.10. The van der Waals surface area contributed by atoms with Crippen LogP contribution in [0.2, 0.25) is 0 Å². The molecule has 2 rings (SSSR count). The first-order chi connectivity index (χ1) is 8.43. The summed E-state index contributed by atoms with van der Waals surface area (Å²) in [7, 11) is 0. The first kappa shape index (κ1) is 14.0. The summed E-state index contributed by atoms with van der Waals surface area (Å²) in [4.78, 5) is 16.1. The maximum absolute atomic E-state index is 11.5. The zero-order valence-corrected chi connectivity index (χ0v) is 13.1. The summed E-state index contributed by atoms with van der Waals surface area (Å²) in [6, 6.07) is 2.11. The average molecular weight is 332 g/mol. The lowest BCUT2D eigenvalue weighted by molar-refractivity contribution is -0.153. The number of nitrogens with zero attached hydrogens (tertiary/aromatic N) is 1. The van der Waals surface area contributed by atoms with Crippen LogP contribution in [0.15, 0.2) is 10.5 Å². The molecule has 1 N–H and O–H groups in total. The van der Waals surface area contributed by atoms with E-state index in [0.717, 1.165) is 36.8 Å². The molecule has 2 heterocycles. The number of hydrogen-bond donors (Lipinski definition) is 1. The fourth-order valence-corrected chi connectivity index (χ4v) is 4.07. The molecule has 0 bridgehead atoms. The number of carbonyl (C=O) groups is 1. The highest BCUT2D eigenvalue weighted by Crippen LogP contribution is 2.33. The minimum Gasteiger partial charge on any atom is -0.480 e. The number of carboxylic acids is 1. The molecule has 1 unspecified atom stereocenters. The van der Waals surface area contributed by atoms with Crippen LogP contribution in [0.4, 0.5) is 0 Å². The second-order valence-electron chi connectivity index (χ2n) is 5.07. The Kier molecular flexibility index (Phi) is 4.14. The summed E-state index contributed by atoms with van der Waals surface area (Å²) < 4.78 is 1.12.